The van der Waals surface area contributed by atoms with Gasteiger partial charge < -0.3 is 0 Å². The maximum Gasteiger partial charge on any atom is -0.0216 e. The molecule has 0 aliphatic rings. The van der Waals surface area contributed by atoms with Gasteiger partial charge in [0.15, 0.2) is 0 Å². The molecule has 0 radical (unpaired) electrons. The monoisotopic (exact) mass is 522 g/mol. The summed E-state index contributed by atoms with van der Waals surface area (Å²) in [5.74, 6) is 2.62. The van der Waals surface area contributed by atoms with Crippen molar-refractivity contribution in [1.82, 2.24) is 0 Å². The van der Waals surface area contributed by atoms with E-state index in [1.165, 1.54) is 38.9 Å². The minimum absolute atomic E-state index is 0.653. The zero-order valence-electron chi connectivity index (χ0n) is 26.6. The number of hydrogen-bond donors (Lipinski definition) is 0. The first-order valence-electron chi connectivity index (χ1n) is 14.7. The predicted octanol–water partition coefficient (Wildman–Crippen LogP) is 12.2. The van der Waals surface area contributed by atoms with Gasteiger partial charge in [-0.05, 0) is 77.8 Å². The standard InChI is InChI=1S/3C10H14.C9H12/c1-8(2)10-6-4-9(3)5-7-10;2*1-8(2)10-7-5-4-6-9(10)3;1-8(2)9-6-4-3-5-7-9/h3*4-8H,1-3H3;3-8H,1-2H3. The number of benzene rings is 4. The summed E-state index contributed by atoms with van der Waals surface area (Å²) in [5, 5.41) is 0. The maximum absolute atomic E-state index is 2.22. The Bertz CT molecular complexity index is 1110. The van der Waals surface area contributed by atoms with Crippen molar-refractivity contribution in [3.05, 3.63) is 142 Å². The van der Waals surface area contributed by atoms with Crippen LogP contribution in [0.5, 0.6) is 0 Å². The van der Waals surface area contributed by atoms with Gasteiger partial charge in [0.25, 0.3) is 0 Å². The quantitative estimate of drug-likeness (QED) is 0.250. The van der Waals surface area contributed by atoms with E-state index >= 15 is 0 Å². The molecule has 4 aromatic carbocycles. The highest BCUT2D eigenvalue weighted by Gasteiger charge is 2.00. The van der Waals surface area contributed by atoms with Crippen LogP contribution in [0.4, 0.5) is 0 Å². The van der Waals surface area contributed by atoms with Crippen molar-refractivity contribution >= 4 is 0 Å². The first kappa shape index (κ1) is 33.9. The van der Waals surface area contributed by atoms with Gasteiger partial charge in [0.2, 0.25) is 0 Å². The summed E-state index contributed by atoms with van der Waals surface area (Å²) in [7, 11) is 0. The Balaban J connectivity index is 0.000000260. The molecule has 210 valence electrons. The molecule has 0 spiro atoms. The topological polar surface area (TPSA) is 0 Å². The average Bonchev–Trinajstić information content (AvgIpc) is 2.91. The van der Waals surface area contributed by atoms with Gasteiger partial charge in [0.1, 0.15) is 0 Å². The molecular weight excluding hydrogens is 468 g/mol. The normalized spacial score (nSPS) is 10.3. The molecule has 0 aromatic heterocycles. The molecule has 0 saturated heterocycles. The second kappa shape index (κ2) is 18.2. The summed E-state index contributed by atoms with van der Waals surface area (Å²) in [6.07, 6.45) is 0. The van der Waals surface area contributed by atoms with E-state index < -0.39 is 0 Å². The van der Waals surface area contributed by atoms with E-state index in [9.17, 15) is 0 Å². The molecule has 0 heterocycles. The Morgan fingerprint density at radius 2 is 0.667 bits per heavy atom. The fraction of sp³-hybridized carbons (Fsp3) is 0.385. The Labute approximate surface area is 241 Å². The summed E-state index contributed by atoms with van der Waals surface area (Å²) < 4.78 is 0. The molecule has 4 rings (SSSR count). The van der Waals surface area contributed by atoms with Gasteiger partial charge >= 0.3 is 0 Å². The first-order chi connectivity index (χ1) is 18.4. The maximum atomic E-state index is 2.22. The van der Waals surface area contributed by atoms with E-state index in [1.807, 2.05) is 6.07 Å². The Hall–Kier alpha value is -3.12. The summed E-state index contributed by atoms with van der Waals surface area (Å²) in [4.78, 5) is 0. The van der Waals surface area contributed by atoms with Crippen LogP contribution < -0.4 is 0 Å². The molecule has 0 bridgehead atoms. The van der Waals surface area contributed by atoms with Gasteiger partial charge in [-0.3, -0.25) is 0 Å². The number of aryl methyl sites for hydroxylation is 3. The van der Waals surface area contributed by atoms with E-state index in [-0.39, 0.29) is 0 Å². The molecule has 39 heavy (non-hydrogen) atoms. The zero-order chi connectivity index (χ0) is 29.4. The van der Waals surface area contributed by atoms with Crippen LogP contribution >= 0.6 is 0 Å². The van der Waals surface area contributed by atoms with E-state index in [4.69, 9.17) is 0 Å². The Morgan fingerprint density at radius 3 is 0.949 bits per heavy atom. The Kier molecular flexibility index (Phi) is 15.8. The van der Waals surface area contributed by atoms with Gasteiger partial charge in [-0.1, -0.05) is 164 Å². The van der Waals surface area contributed by atoms with Crippen molar-refractivity contribution < 1.29 is 0 Å². The van der Waals surface area contributed by atoms with E-state index in [0.717, 1.165) is 0 Å². The third-order valence-electron chi connectivity index (χ3n) is 6.83. The fourth-order valence-corrected chi connectivity index (χ4v) is 4.26. The summed E-state index contributed by atoms with van der Waals surface area (Å²) in [5.41, 5.74) is 9.90. The molecule has 4 aromatic rings. The highest BCUT2D eigenvalue weighted by molar-refractivity contribution is 5.29. The van der Waals surface area contributed by atoms with E-state index in [2.05, 4.69) is 173 Å². The highest BCUT2D eigenvalue weighted by atomic mass is 14.1. The number of hydrogen-bond acceptors (Lipinski definition) is 0. The van der Waals surface area contributed by atoms with E-state index in [1.54, 1.807) is 0 Å². The van der Waals surface area contributed by atoms with Crippen molar-refractivity contribution in [2.45, 2.75) is 99.8 Å². The second-order valence-electron chi connectivity index (χ2n) is 11.7. The Morgan fingerprint density at radius 1 is 0.333 bits per heavy atom. The lowest BCUT2D eigenvalue weighted by atomic mass is 9.99. The zero-order valence-corrected chi connectivity index (χ0v) is 26.6. The van der Waals surface area contributed by atoms with Crippen molar-refractivity contribution in [3.8, 4) is 0 Å². The van der Waals surface area contributed by atoms with Crippen molar-refractivity contribution in [3.63, 3.8) is 0 Å². The van der Waals surface area contributed by atoms with Crippen molar-refractivity contribution in [2.75, 3.05) is 0 Å². The van der Waals surface area contributed by atoms with Crippen LogP contribution in [0.25, 0.3) is 0 Å². The van der Waals surface area contributed by atoms with Crippen LogP contribution in [0.2, 0.25) is 0 Å². The smallest absolute Gasteiger partial charge is 0.0216 e. The van der Waals surface area contributed by atoms with Gasteiger partial charge in [-0.2, -0.15) is 0 Å². The molecule has 0 nitrogen and oxygen atoms in total. The molecule has 0 atom stereocenters. The van der Waals surface area contributed by atoms with Crippen LogP contribution in [-0.4, -0.2) is 0 Å². The van der Waals surface area contributed by atoms with Gasteiger partial charge in [0.05, 0.1) is 0 Å². The first-order valence-corrected chi connectivity index (χ1v) is 14.7. The molecule has 0 aliphatic carbocycles. The largest absolute Gasteiger partial charge is 0.0622 e. The van der Waals surface area contributed by atoms with Gasteiger partial charge in [0, 0.05) is 0 Å². The molecular formula is C39H54. The molecule has 0 saturated carbocycles. The molecule has 0 amide bonds. The lowest BCUT2D eigenvalue weighted by Gasteiger charge is -2.07. The number of rotatable bonds is 4. The summed E-state index contributed by atoms with van der Waals surface area (Å²) in [6.45, 7) is 24.2. The predicted molar refractivity (Wildman–Crippen MR) is 176 cm³/mol. The van der Waals surface area contributed by atoms with Crippen LogP contribution in [0.1, 0.15) is 118 Å². The highest BCUT2D eigenvalue weighted by Crippen LogP contribution is 2.18. The van der Waals surface area contributed by atoms with E-state index in [0.29, 0.717) is 23.7 Å². The van der Waals surface area contributed by atoms with Crippen molar-refractivity contribution in [1.29, 1.82) is 0 Å². The molecule has 0 N–H and O–H groups in total. The minimum atomic E-state index is 0.653. The van der Waals surface area contributed by atoms with Gasteiger partial charge in [-0.25, -0.2) is 0 Å². The minimum Gasteiger partial charge on any atom is -0.0622 e. The van der Waals surface area contributed by atoms with Crippen LogP contribution in [0.15, 0.2) is 103 Å². The second-order valence-corrected chi connectivity index (χ2v) is 11.7. The third-order valence-corrected chi connectivity index (χ3v) is 6.83. The van der Waals surface area contributed by atoms with Gasteiger partial charge in [-0.15, -0.1) is 0 Å². The lowest BCUT2D eigenvalue weighted by molar-refractivity contribution is 0.856. The molecule has 0 unspecified atom stereocenters. The average molecular weight is 523 g/mol. The van der Waals surface area contributed by atoms with Crippen molar-refractivity contribution in [2.24, 2.45) is 0 Å². The third kappa shape index (κ3) is 13.5. The van der Waals surface area contributed by atoms with Crippen LogP contribution in [-0.2, 0) is 0 Å². The fourth-order valence-electron chi connectivity index (χ4n) is 4.26. The summed E-state index contributed by atoms with van der Waals surface area (Å²) in [6, 6.07) is 36.3. The van der Waals surface area contributed by atoms with Crippen LogP contribution in [0, 0.1) is 20.8 Å². The molecule has 0 aliphatic heterocycles. The molecule has 0 fully saturated rings. The van der Waals surface area contributed by atoms with Crippen LogP contribution in [0.3, 0.4) is 0 Å². The SMILES string of the molecule is CC(C)c1ccccc1.Cc1ccc(C(C)C)cc1.Cc1ccccc1C(C)C.Cc1ccccc1C(C)C. The lowest BCUT2D eigenvalue weighted by Crippen LogP contribution is -1.89. The summed E-state index contributed by atoms with van der Waals surface area (Å²) >= 11 is 0. The molecule has 0 heteroatoms.